The van der Waals surface area contributed by atoms with Crippen molar-refractivity contribution in [1.82, 2.24) is 25.5 Å². The highest BCUT2D eigenvalue weighted by atomic mass is 32.2. The molecular formula is C10H13N5S. The van der Waals surface area contributed by atoms with Crippen LogP contribution in [0, 0.1) is 0 Å². The van der Waals surface area contributed by atoms with Crippen LogP contribution in [0.5, 0.6) is 0 Å². The average Bonchev–Trinajstić information content (AvgIpc) is 2.77. The molecule has 1 heterocycles. The Bertz CT molecular complexity index is 468. The van der Waals surface area contributed by atoms with Gasteiger partial charge in [-0.05, 0) is 35.9 Å². The molecule has 0 aliphatic heterocycles. The second kappa shape index (κ2) is 5.09. The Morgan fingerprint density at radius 1 is 1.38 bits per heavy atom. The summed E-state index contributed by atoms with van der Waals surface area (Å²) in [5, 5.41) is 14.8. The van der Waals surface area contributed by atoms with Crippen LogP contribution in [0.2, 0.25) is 0 Å². The van der Waals surface area contributed by atoms with E-state index >= 15 is 0 Å². The summed E-state index contributed by atoms with van der Waals surface area (Å²) in [6.07, 6.45) is 2.04. The van der Waals surface area contributed by atoms with Crippen molar-refractivity contribution in [1.29, 1.82) is 0 Å². The van der Waals surface area contributed by atoms with Gasteiger partial charge < -0.3 is 5.32 Å². The third-order valence-corrected chi connectivity index (χ3v) is 2.97. The van der Waals surface area contributed by atoms with Crippen molar-refractivity contribution in [3.8, 4) is 5.69 Å². The van der Waals surface area contributed by atoms with Crippen molar-refractivity contribution in [2.75, 3.05) is 13.3 Å². The van der Waals surface area contributed by atoms with Crippen LogP contribution in [0.4, 0.5) is 0 Å². The molecule has 1 N–H and O–H groups in total. The first-order chi connectivity index (χ1) is 7.86. The Morgan fingerprint density at radius 3 is 2.94 bits per heavy atom. The number of nitrogens with zero attached hydrogens (tertiary/aromatic N) is 4. The van der Waals surface area contributed by atoms with E-state index in [1.807, 2.05) is 31.5 Å². The van der Waals surface area contributed by atoms with E-state index in [9.17, 15) is 0 Å². The summed E-state index contributed by atoms with van der Waals surface area (Å²) >= 11 is 1.68. The molecule has 16 heavy (non-hydrogen) atoms. The van der Waals surface area contributed by atoms with E-state index in [2.05, 4.69) is 26.9 Å². The van der Waals surface area contributed by atoms with E-state index < -0.39 is 0 Å². The fourth-order valence-electron chi connectivity index (χ4n) is 1.47. The van der Waals surface area contributed by atoms with Crippen molar-refractivity contribution >= 4 is 11.8 Å². The van der Waals surface area contributed by atoms with Gasteiger partial charge in [-0.2, -0.15) is 4.68 Å². The minimum absolute atomic E-state index is 0.649. The highest BCUT2D eigenvalue weighted by Crippen LogP contribution is 2.23. The topological polar surface area (TPSA) is 55.6 Å². The van der Waals surface area contributed by atoms with Crippen molar-refractivity contribution in [3.63, 3.8) is 0 Å². The minimum Gasteiger partial charge on any atom is -0.313 e. The van der Waals surface area contributed by atoms with E-state index in [-0.39, 0.29) is 0 Å². The number of rotatable bonds is 4. The third kappa shape index (κ3) is 2.07. The SMILES string of the molecule is CNCc1nnnn1-c1ccccc1SC. The fraction of sp³-hybridized carbons (Fsp3) is 0.300. The molecule has 0 aliphatic carbocycles. The number of hydrogen-bond donors (Lipinski definition) is 1. The zero-order chi connectivity index (χ0) is 11.4. The van der Waals surface area contributed by atoms with Crippen molar-refractivity contribution in [2.24, 2.45) is 0 Å². The molecule has 2 rings (SSSR count). The molecule has 0 aliphatic rings. The second-order valence-electron chi connectivity index (χ2n) is 3.21. The highest BCUT2D eigenvalue weighted by Gasteiger charge is 2.10. The molecule has 0 saturated carbocycles. The molecule has 0 radical (unpaired) electrons. The van der Waals surface area contributed by atoms with E-state index in [0.29, 0.717) is 6.54 Å². The van der Waals surface area contributed by atoms with Gasteiger partial charge in [-0.3, -0.25) is 0 Å². The van der Waals surface area contributed by atoms with Gasteiger partial charge in [0.15, 0.2) is 5.82 Å². The first-order valence-corrected chi connectivity index (χ1v) is 6.14. The lowest BCUT2D eigenvalue weighted by Gasteiger charge is -2.07. The van der Waals surface area contributed by atoms with Crippen LogP contribution in [-0.2, 0) is 6.54 Å². The van der Waals surface area contributed by atoms with E-state index in [1.165, 1.54) is 0 Å². The van der Waals surface area contributed by atoms with Crippen molar-refractivity contribution < 1.29 is 0 Å². The number of aromatic nitrogens is 4. The lowest BCUT2D eigenvalue weighted by molar-refractivity contribution is 0.703. The van der Waals surface area contributed by atoms with Gasteiger partial charge in [0.05, 0.1) is 12.2 Å². The minimum atomic E-state index is 0.649. The van der Waals surface area contributed by atoms with Crippen LogP contribution in [0.25, 0.3) is 5.69 Å². The van der Waals surface area contributed by atoms with Crippen LogP contribution in [0.1, 0.15) is 5.82 Å². The first-order valence-electron chi connectivity index (χ1n) is 4.92. The van der Waals surface area contributed by atoms with E-state index in [4.69, 9.17) is 0 Å². The van der Waals surface area contributed by atoms with Crippen LogP contribution >= 0.6 is 11.8 Å². The van der Waals surface area contributed by atoms with Gasteiger partial charge in [0, 0.05) is 4.90 Å². The molecule has 0 atom stereocenters. The Balaban J connectivity index is 2.45. The molecule has 0 fully saturated rings. The normalized spacial score (nSPS) is 10.6. The first kappa shape index (κ1) is 11.1. The molecule has 0 spiro atoms. The van der Waals surface area contributed by atoms with Gasteiger partial charge in [0.1, 0.15) is 0 Å². The molecule has 0 amide bonds. The monoisotopic (exact) mass is 235 g/mol. The molecular weight excluding hydrogens is 222 g/mol. The predicted octanol–water partition coefficient (Wildman–Crippen LogP) is 1.10. The zero-order valence-corrected chi connectivity index (χ0v) is 10.0. The summed E-state index contributed by atoms with van der Waals surface area (Å²) in [5.41, 5.74) is 1.02. The summed E-state index contributed by atoms with van der Waals surface area (Å²) in [4.78, 5) is 1.16. The van der Waals surface area contributed by atoms with Crippen LogP contribution in [-0.4, -0.2) is 33.5 Å². The maximum Gasteiger partial charge on any atom is 0.170 e. The molecule has 0 unspecified atom stereocenters. The molecule has 2 aromatic rings. The largest absolute Gasteiger partial charge is 0.313 e. The number of nitrogens with one attached hydrogen (secondary N) is 1. The van der Waals surface area contributed by atoms with Crippen LogP contribution in [0.15, 0.2) is 29.2 Å². The Labute approximate surface area is 98.2 Å². The average molecular weight is 235 g/mol. The lowest BCUT2D eigenvalue weighted by atomic mass is 10.3. The Morgan fingerprint density at radius 2 is 2.19 bits per heavy atom. The number of benzene rings is 1. The van der Waals surface area contributed by atoms with Gasteiger partial charge in [0.25, 0.3) is 0 Å². The smallest absolute Gasteiger partial charge is 0.170 e. The van der Waals surface area contributed by atoms with Gasteiger partial charge in [-0.15, -0.1) is 16.9 Å². The van der Waals surface area contributed by atoms with Crippen LogP contribution in [0.3, 0.4) is 0 Å². The third-order valence-electron chi connectivity index (χ3n) is 2.18. The van der Waals surface area contributed by atoms with Crippen molar-refractivity contribution in [3.05, 3.63) is 30.1 Å². The number of para-hydroxylation sites is 1. The lowest BCUT2D eigenvalue weighted by Crippen LogP contribution is -2.12. The molecule has 0 bridgehead atoms. The predicted molar refractivity (Wildman–Crippen MR) is 63.7 cm³/mol. The summed E-state index contributed by atoms with van der Waals surface area (Å²) < 4.78 is 1.77. The van der Waals surface area contributed by atoms with E-state index in [1.54, 1.807) is 16.4 Å². The highest BCUT2D eigenvalue weighted by molar-refractivity contribution is 7.98. The van der Waals surface area contributed by atoms with Gasteiger partial charge in [-0.25, -0.2) is 0 Å². The Hall–Kier alpha value is -1.40. The molecule has 1 aromatic carbocycles. The zero-order valence-electron chi connectivity index (χ0n) is 9.21. The molecule has 84 valence electrons. The summed E-state index contributed by atoms with van der Waals surface area (Å²) in [5.74, 6) is 0.809. The fourth-order valence-corrected chi connectivity index (χ4v) is 2.04. The number of tetrazole rings is 1. The molecule has 0 saturated heterocycles. The second-order valence-corrected chi connectivity index (χ2v) is 4.06. The maximum atomic E-state index is 4.02. The van der Waals surface area contributed by atoms with Gasteiger partial charge >= 0.3 is 0 Å². The molecule has 6 heteroatoms. The summed E-state index contributed by atoms with van der Waals surface area (Å²) in [7, 11) is 1.87. The summed E-state index contributed by atoms with van der Waals surface area (Å²) in [6, 6.07) is 8.07. The number of hydrogen-bond acceptors (Lipinski definition) is 5. The van der Waals surface area contributed by atoms with E-state index in [0.717, 1.165) is 16.4 Å². The standard InChI is InChI=1S/C10H13N5S/c1-11-7-10-12-13-14-15(10)8-5-3-4-6-9(8)16-2/h3-6,11H,7H2,1-2H3. The molecule has 5 nitrogen and oxygen atoms in total. The van der Waals surface area contributed by atoms with Gasteiger partial charge in [0.2, 0.25) is 0 Å². The Kier molecular flexibility index (Phi) is 3.53. The quantitative estimate of drug-likeness (QED) is 0.804. The van der Waals surface area contributed by atoms with Crippen LogP contribution < -0.4 is 5.32 Å². The molecule has 1 aromatic heterocycles. The number of thioether (sulfide) groups is 1. The van der Waals surface area contributed by atoms with Crippen molar-refractivity contribution in [2.45, 2.75) is 11.4 Å². The summed E-state index contributed by atoms with van der Waals surface area (Å²) in [6.45, 7) is 0.649. The maximum absolute atomic E-state index is 4.02. The van der Waals surface area contributed by atoms with Gasteiger partial charge in [-0.1, -0.05) is 12.1 Å².